The minimum Gasteiger partial charge on any atom is -0.406 e. The van der Waals surface area contributed by atoms with E-state index in [9.17, 15) is 18.0 Å². The molecule has 132 valence electrons. The third-order valence-corrected chi connectivity index (χ3v) is 4.26. The molecule has 0 heterocycles. The van der Waals surface area contributed by atoms with Gasteiger partial charge in [0.15, 0.2) is 0 Å². The number of amides is 1. The van der Waals surface area contributed by atoms with Gasteiger partial charge in [-0.3, -0.25) is 4.79 Å². The molecule has 5 nitrogen and oxygen atoms in total. The Balaban J connectivity index is 2.09. The van der Waals surface area contributed by atoms with Crippen LogP contribution in [-0.2, 0) is 6.54 Å². The summed E-state index contributed by atoms with van der Waals surface area (Å²) in [4.78, 5) is 12.1. The first-order valence-electron chi connectivity index (χ1n) is 6.92. The highest BCUT2D eigenvalue weighted by Gasteiger charge is 2.31. The SMILES string of the molecule is N=Cc1c(N)ccc(I)c1CNC(=O)c1ccc(OC(F)(F)F)cc1. The number of halogens is 4. The molecule has 0 aliphatic carbocycles. The lowest BCUT2D eigenvalue weighted by Gasteiger charge is -2.13. The van der Waals surface area contributed by atoms with Crippen LogP contribution in [0.3, 0.4) is 0 Å². The van der Waals surface area contributed by atoms with Gasteiger partial charge in [0.05, 0.1) is 0 Å². The Kier molecular flexibility index (Phi) is 5.88. The highest BCUT2D eigenvalue weighted by Crippen LogP contribution is 2.23. The second-order valence-corrected chi connectivity index (χ2v) is 6.09. The molecule has 0 spiro atoms. The minimum atomic E-state index is -4.78. The minimum absolute atomic E-state index is 0.133. The number of rotatable bonds is 5. The van der Waals surface area contributed by atoms with E-state index in [-0.39, 0.29) is 12.1 Å². The Morgan fingerprint density at radius 1 is 1.24 bits per heavy atom. The van der Waals surface area contributed by atoms with Crippen molar-refractivity contribution in [3.05, 3.63) is 56.7 Å². The van der Waals surface area contributed by atoms with E-state index in [1.807, 2.05) is 0 Å². The Hall–Kier alpha value is -2.30. The molecular formula is C16H13F3IN3O2. The zero-order valence-corrected chi connectivity index (χ0v) is 14.8. The zero-order valence-electron chi connectivity index (χ0n) is 12.7. The van der Waals surface area contributed by atoms with Crippen molar-refractivity contribution in [3.8, 4) is 5.75 Å². The van der Waals surface area contributed by atoms with Crippen LogP contribution in [0.4, 0.5) is 18.9 Å². The number of benzene rings is 2. The number of nitrogens with two attached hydrogens (primary N) is 1. The average molecular weight is 463 g/mol. The van der Waals surface area contributed by atoms with Gasteiger partial charge in [0.25, 0.3) is 5.91 Å². The first-order valence-corrected chi connectivity index (χ1v) is 8.00. The van der Waals surface area contributed by atoms with Crippen LogP contribution in [0.1, 0.15) is 21.5 Å². The lowest BCUT2D eigenvalue weighted by Crippen LogP contribution is -2.24. The Bertz CT molecular complexity index is 792. The molecular weight excluding hydrogens is 450 g/mol. The van der Waals surface area contributed by atoms with Gasteiger partial charge in [-0.1, -0.05) is 0 Å². The van der Waals surface area contributed by atoms with E-state index in [1.54, 1.807) is 12.1 Å². The van der Waals surface area contributed by atoms with Crippen LogP contribution >= 0.6 is 22.6 Å². The molecule has 2 rings (SSSR count). The van der Waals surface area contributed by atoms with E-state index >= 15 is 0 Å². The summed E-state index contributed by atoms with van der Waals surface area (Å²) in [6, 6.07) is 8.04. The highest BCUT2D eigenvalue weighted by molar-refractivity contribution is 14.1. The van der Waals surface area contributed by atoms with Crippen molar-refractivity contribution in [2.45, 2.75) is 12.9 Å². The van der Waals surface area contributed by atoms with Gasteiger partial charge in [-0.25, -0.2) is 0 Å². The summed E-state index contributed by atoms with van der Waals surface area (Å²) in [7, 11) is 0. The molecule has 0 bridgehead atoms. The van der Waals surface area contributed by atoms with Crippen molar-refractivity contribution < 1.29 is 22.7 Å². The molecule has 0 aromatic heterocycles. The monoisotopic (exact) mass is 463 g/mol. The van der Waals surface area contributed by atoms with E-state index in [1.165, 1.54) is 12.1 Å². The second-order valence-electron chi connectivity index (χ2n) is 4.93. The molecule has 25 heavy (non-hydrogen) atoms. The van der Waals surface area contributed by atoms with Gasteiger partial charge in [-0.05, 0) is 64.6 Å². The molecule has 9 heteroatoms. The van der Waals surface area contributed by atoms with Crippen molar-refractivity contribution in [1.29, 1.82) is 5.41 Å². The zero-order chi connectivity index (χ0) is 18.6. The molecule has 0 aliphatic rings. The van der Waals surface area contributed by atoms with Crippen molar-refractivity contribution >= 4 is 40.4 Å². The van der Waals surface area contributed by atoms with E-state index in [0.29, 0.717) is 16.8 Å². The number of nitrogens with one attached hydrogen (secondary N) is 2. The van der Waals surface area contributed by atoms with Crippen LogP contribution in [0.5, 0.6) is 5.75 Å². The number of hydrogen-bond donors (Lipinski definition) is 3. The summed E-state index contributed by atoms with van der Waals surface area (Å²) in [5.41, 5.74) is 7.63. The predicted molar refractivity (Wildman–Crippen MR) is 95.8 cm³/mol. The van der Waals surface area contributed by atoms with Crippen LogP contribution in [0.2, 0.25) is 0 Å². The molecule has 0 aliphatic heterocycles. The van der Waals surface area contributed by atoms with Gasteiger partial charge >= 0.3 is 6.36 Å². The Morgan fingerprint density at radius 2 is 1.88 bits per heavy atom. The Labute approximate surface area is 155 Å². The molecule has 0 unspecified atom stereocenters. The lowest BCUT2D eigenvalue weighted by molar-refractivity contribution is -0.274. The second kappa shape index (κ2) is 7.72. The number of ether oxygens (including phenoxy) is 1. The molecule has 2 aromatic carbocycles. The smallest absolute Gasteiger partial charge is 0.406 e. The fourth-order valence-electron chi connectivity index (χ4n) is 2.09. The molecule has 1 amide bonds. The van der Waals surface area contributed by atoms with Gasteiger partial charge in [0.1, 0.15) is 5.75 Å². The first kappa shape index (κ1) is 19.0. The normalized spacial score (nSPS) is 11.0. The molecule has 0 fully saturated rings. The maximum Gasteiger partial charge on any atom is 0.573 e. The van der Waals surface area contributed by atoms with E-state index in [2.05, 4.69) is 32.6 Å². The third-order valence-electron chi connectivity index (χ3n) is 3.25. The number of anilines is 1. The third kappa shape index (κ3) is 5.08. The number of carbonyl (C=O) groups excluding carboxylic acids is 1. The fourth-order valence-corrected chi connectivity index (χ4v) is 2.75. The number of carbonyl (C=O) groups is 1. The van der Waals surface area contributed by atoms with Gasteiger partial charge in [-0.15, -0.1) is 13.2 Å². The summed E-state index contributed by atoms with van der Waals surface area (Å²) < 4.78 is 40.9. The van der Waals surface area contributed by atoms with Crippen molar-refractivity contribution in [1.82, 2.24) is 5.32 Å². The predicted octanol–water partition coefficient (Wildman–Crippen LogP) is 3.70. The highest BCUT2D eigenvalue weighted by atomic mass is 127. The lowest BCUT2D eigenvalue weighted by atomic mass is 10.1. The topological polar surface area (TPSA) is 88.2 Å². The van der Waals surface area contributed by atoms with Crippen molar-refractivity contribution in [2.24, 2.45) is 0 Å². The maximum absolute atomic E-state index is 12.1. The van der Waals surface area contributed by atoms with Gasteiger partial charge in [0.2, 0.25) is 0 Å². The summed E-state index contributed by atoms with van der Waals surface area (Å²) in [5, 5.41) is 10.1. The van der Waals surface area contributed by atoms with Crippen LogP contribution in [0, 0.1) is 8.98 Å². The molecule has 2 aromatic rings. The summed E-state index contributed by atoms with van der Waals surface area (Å²) in [6.07, 6.45) is -3.67. The summed E-state index contributed by atoms with van der Waals surface area (Å²) >= 11 is 2.07. The number of hydrogen-bond acceptors (Lipinski definition) is 4. The van der Waals surface area contributed by atoms with Crippen molar-refractivity contribution in [3.63, 3.8) is 0 Å². The van der Waals surface area contributed by atoms with Gasteiger partial charge in [0, 0.05) is 33.1 Å². The largest absolute Gasteiger partial charge is 0.573 e. The average Bonchev–Trinajstić information content (AvgIpc) is 2.54. The maximum atomic E-state index is 12.1. The van der Waals surface area contributed by atoms with E-state index < -0.39 is 18.0 Å². The number of nitrogen functional groups attached to an aromatic ring is 1. The van der Waals surface area contributed by atoms with Gasteiger partial charge in [-0.2, -0.15) is 0 Å². The molecule has 0 saturated carbocycles. The molecule has 4 N–H and O–H groups in total. The van der Waals surface area contributed by atoms with Crippen LogP contribution in [0.15, 0.2) is 36.4 Å². The Morgan fingerprint density at radius 3 is 2.44 bits per heavy atom. The fraction of sp³-hybridized carbons (Fsp3) is 0.125. The summed E-state index contributed by atoms with van der Waals surface area (Å²) in [5.74, 6) is -0.867. The quantitative estimate of drug-likeness (QED) is 0.359. The van der Waals surface area contributed by atoms with E-state index in [4.69, 9.17) is 11.1 Å². The first-order chi connectivity index (χ1) is 11.7. The van der Waals surface area contributed by atoms with E-state index in [0.717, 1.165) is 21.9 Å². The van der Waals surface area contributed by atoms with Crippen LogP contribution in [-0.4, -0.2) is 18.5 Å². The molecule has 0 saturated heterocycles. The van der Waals surface area contributed by atoms with Gasteiger partial charge < -0.3 is 21.2 Å². The standard InChI is InChI=1S/C16H13F3IN3O2/c17-16(18,19)25-10-3-1-9(2-4-10)15(24)23-8-12-11(7-21)14(22)6-5-13(12)20/h1-7,21H,8,22H2,(H,23,24). The molecule has 0 atom stereocenters. The molecule has 0 radical (unpaired) electrons. The van der Waals surface area contributed by atoms with Crippen LogP contribution < -0.4 is 15.8 Å². The number of alkyl halides is 3. The van der Waals surface area contributed by atoms with Crippen molar-refractivity contribution in [2.75, 3.05) is 5.73 Å². The summed E-state index contributed by atoms with van der Waals surface area (Å²) in [6.45, 7) is 0.133. The van der Waals surface area contributed by atoms with Crippen LogP contribution in [0.25, 0.3) is 0 Å².